The van der Waals surface area contributed by atoms with Gasteiger partial charge in [-0.05, 0) is 118 Å². The molecule has 4 aliphatic rings. The summed E-state index contributed by atoms with van der Waals surface area (Å²) < 4.78 is 0. The summed E-state index contributed by atoms with van der Waals surface area (Å²) in [6, 6.07) is 0. The van der Waals surface area contributed by atoms with Gasteiger partial charge in [0.05, 0.1) is 5.60 Å². The Morgan fingerprint density at radius 1 is 1.19 bits per heavy atom. The molecule has 0 aromatic heterocycles. The molecule has 0 aliphatic heterocycles. The summed E-state index contributed by atoms with van der Waals surface area (Å²) in [5.41, 5.74) is 3.11. The van der Waals surface area contributed by atoms with Gasteiger partial charge in [-0.1, -0.05) is 38.0 Å². The Morgan fingerprint density at radius 2 is 1.90 bits per heavy atom. The first-order valence-electron chi connectivity index (χ1n) is 12.8. The number of hydrogen-bond donors (Lipinski definition) is 2. The number of carboxylic acid groups (broad SMARTS) is 1. The fourth-order valence-electron chi connectivity index (χ4n) is 8.43. The highest BCUT2D eigenvalue weighted by molar-refractivity contribution is 5.80. The maximum atomic E-state index is 11.2. The van der Waals surface area contributed by atoms with E-state index in [0.29, 0.717) is 28.6 Å². The van der Waals surface area contributed by atoms with E-state index in [9.17, 15) is 15.0 Å². The summed E-state index contributed by atoms with van der Waals surface area (Å²) in [5, 5.41) is 19.4. The Morgan fingerprint density at radius 3 is 2.58 bits per heavy atom. The first-order chi connectivity index (χ1) is 14.4. The lowest BCUT2D eigenvalue weighted by Gasteiger charge is -2.57. The van der Waals surface area contributed by atoms with Gasteiger partial charge in [0, 0.05) is 6.08 Å². The van der Waals surface area contributed by atoms with Crippen LogP contribution in [-0.4, -0.2) is 21.8 Å². The molecule has 7 atom stereocenters. The summed E-state index contributed by atoms with van der Waals surface area (Å²) in [6.45, 7) is 11.4. The van der Waals surface area contributed by atoms with Crippen molar-refractivity contribution >= 4 is 5.97 Å². The van der Waals surface area contributed by atoms with Gasteiger partial charge in [0.15, 0.2) is 0 Å². The van der Waals surface area contributed by atoms with E-state index in [2.05, 4.69) is 26.8 Å². The smallest absolute Gasteiger partial charge is 0.328 e. The van der Waals surface area contributed by atoms with Crippen LogP contribution >= 0.6 is 0 Å². The molecule has 4 aliphatic carbocycles. The molecule has 4 rings (SSSR count). The van der Waals surface area contributed by atoms with Crippen molar-refractivity contribution in [3.8, 4) is 0 Å². The fraction of sp³-hybridized carbons (Fsp3) is 0.821. The second-order valence-electron chi connectivity index (χ2n) is 12.6. The second-order valence-corrected chi connectivity index (χ2v) is 12.6. The number of allylic oxidation sites excluding steroid dienone is 3. The van der Waals surface area contributed by atoms with E-state index in [1.807, 2.05) is 13.8 Å². The van der Waals surface area contributed by atoms with Crippen LogP contribution in [0.1, 0.15) is 98.8 Å². The zero-order valence-electron chi connectivity index (χ0n) is 20.4. The van der Waals surface area contributed by atoms with E-state index in [0.717, 1.165) is 55.9 Å². The molecule has 3 fully saturated rings. The Hall–Kier alpha value is -1.09. The van der Waals surface area contributed by atoms with Crippen LogP contribution in [0.25, 0.3) is 0 Å². The third-order valence-electron chi connectivity index (χ3n) is 10.3. The van der Waals surface area contributed by atoms with Crippen molar-refractivity contribution in [2.24, 2.45) is 40.4 Å². The van der Waals surface area contributed by atoms with Crippen molar-refractivity contribution in [3.05, 3.63) is 23.3 Å². The average molecular weight is 429 g/mol. The van der Waals surface area contributed by atoms with E-state index in [1.54, 1.807) is 5.57 Å². The van der Waals surface area contributed by atoms with E-state index in [1.165, 1.54) is 31.8 Å². The van der Waals surface area contributed by atoms with Crippen molar-refractivity contribution in [1.82, 2.24) is 0 Å². The van der Waals surface area contributed by atoms with Crippen LogP contribution in [0.5, 0.6) is 0 Å². The SMILES string of the molecule is C[C@H](CCC(C)(C)O)[C@H]1CC[C@H]2C3=CC[C@@H]4C/C(=C/C(=O)O)CC[C@]4(C)[C@H]3CC[C@]12C. The zero-order valence-corrected chi connectivity index (χ0v) is 20.4. The topological polar surface area (TPSA) is 57.5 Å². The first-order valence-corrected chi connectivity index (χ1v) is 12.8. The van der Waals surface area contributed by atoms with Crippen molar-refractivity contribution in [3.63, 3.8) is 0 Å². The van der Waals surface area contributed by atoms with Gasteiger partial charge in [-0.2, -0.15) is 0 Å². The minimum absolute atomic E-state index is 0.339. The van der Waals surface area contributed by atoms with Crippen molar-refractivity contribution in [2.75, 3.05) is 0 Å². The van der Waals surface area contributed by atoms with E-state index in [4.69, 9.17) is 0 Å². The molecule has 174 valence electrons. The summed E-state index contributed by atoms with van der Waals surface area (Å²) >= 11 is 0. The van der Waals surface area contributed by atoms with Crippen LogP contribution in [0.3, 0.4) is 0 Å². The van der Waals surface area contributed by atoms with Gasteiger partial charge in [-0.25, -0.2) is 4.79 Å². The summed E-state index contributed by atoms with van der Waals surface area (Å²) in [7, 11) is 0. The van der Waals surface area contributed by atoms with Crippen molar-refractivity contribution < 1.29 is 15.0 Å². The van der Waals surface area contributed by atoms with Gasteiger partial charge >= 0.3 is 5.97 Å². The van der Waals surface area contributed by atoms with Gasteiger partial charge in [-0.15, -0.1) is 0 Å². The Bertz CT molecular complexity index is 772. The number of fused-ring (bicyclic) bond motifs is 5. The highest BCUT2D eigenvalue weighted by atomic mass is 16.4. The molecule has 0 heterocycles. The van der Waals surface area contributed by atoms with Crippen LogP contribution in [0.15, 0.2) is 23.3 Å². The van der Waals surface area contributed by atoms with Gasteiger partial charge in [0.2, 0.25) is 0 Å². The minimum Gasteiger partial charge on any atom is -0.478 e. The van der Waals surface area contributed by atoms with Crippen molar-refractivity contribution in [2.45, 2.75) is 104 Å². The number of rotatable bonds is 5. The number of hydrogen-bond acceptors (Lipinski definition) is 2. The van der Waals surface area contributed by atoms with Crippen LogP contribution in [0, 0.1) is 40.4 Å². The molecule has 0 aromatic rings. The molecule has 0 radical (unpaired) electrons. The van der Waals surface area contributed by atoms with Crippen LogP contribution < -0.4 is 0 Å². The average Bonchev–Trinajstić information content (AvgIpc) is 3.03. The lowest BCUT2D eigenvalue weighted by molar-refractivity contribution is -0.131. The van der Waals surface area contributed by atoms with Gasteiger partial charge < -0.3 is 10.2 Å². The maximum Gasteiger partial charge on any atom is 0.328 e. The minimum atomic E-state index is -0.783. The van der Waals surface area contributed by atoms with Gasteiger partial charge in [0.25, 0.3) is 0 Å². The lowest BCUT2D eigenvalue weighted by Crippen LogP contribution is -2.48. The quantitative estimate of drug-likeness (QED) is 0.375. The van der Waals surface area contributed by atoms with E-state index < -0.39 is 11.6 Å². The molecule has 3 heteroatoms. The number of carbonyl (C=O) groups is 1. The van der Waals surface area contributed by atoms with E-state index in [-0.39, 0.29) is 0 Å². The van der Waals surface area contributed by atoms with E-state index >= 15 is 0 Å². The highest BCUT2D eigenvalue weighted by Gasteiger charge is 2.57. The highest BCUT2D eigenvalue weighted by Crippen LogP contribution is 2.67. The van der Waals surface area contributed by atoms with Crippen molar-refractivity contribution in [1.29, 1.82) is 0 Å². The molecular weight excluding hydrogens is 384 g/mol. The molecule has 0 bridgehead atoms. The predicted molar refractivity (Wildman–Crippen MR) is 126 cm³/mol. The molecule has 0 amide bonds. The Kier molecular flexibility index (Phi) is 5.99. The summed E-state index contributed by atoms with van der Waals surface area (Å²) in [6.07, 6.45) is 15.6. The normalized spacial score (nSPS) is 42.4. The zero-order chi connectivity index (χ0) is 22.6. The molecular formula is C28H44O3. The molecule has 0 spiro atoms. The van der Waals surface area contributed by atoms with Gasteiger partial charge in [-0.3, -0.25) is 0 Å². The third-order valence-corrected chi connectivity index (χ3v) is 10.3. The maximum absolute atomic E-state index is 11.2. The Labute approximate surface area is 189 Å². The van der Waals surface area contributed by atoms with Crippen LogP contribution in [0.2, 0.25) is 0 Å². The van der Waals surface area contributed by atoms with Crippen LogP contribution in [0.4, 0.5) is 0 Å². The molecule has 3 nitrogen and oxygen atoms in total. The number of carboxylic acids is 1. The third kappa shape index (κ3) is 4.16. The monoisotopic (exact) mass is 428 g/mol. The second kappa shape index (κ2) is 8.04. The Balaban J connectivity index is 1.52. The molecule has 0 saturated heterocycles. The summed E-state index contributed by atoms with van der Waals surface area (Å²) in [5.74, 6) is 2.69. The molecule has 2 N–H and O–H groups in total. The molecule has 3 saturated carbocycles. The molecule has 31 heavy (non-hydrogen) atoms. The summed E-state index contributed by atoms with van der Waals surface area (Å²) in [4.78, 5) is 11.2. The standard InChI is InChI=1S/C28H44O3/c1-18(10-13-26(2,3)31)22-8-9-23-21-7-6-20-16-19(17-25(29)30)11-14-27(20,4)24(21)12-15-28(22,23)5/h7,17-18,20,22-24,31H,6,8-16H2,1-5H3,(H,29,30)/b19-17+/t18-,20-,22-,23+,24+,27+,28-/m1/s1. The molecule has 0 aromatic carbocycles. The number of aliphatic hydroxyl groups is 1. The number of aliphatic carboxylic acids is 1. The van der Waals surface area contributed by atoms with Gasteiger partial charge in [0.1, 0.15) is 0 Å². The fourth-order valence-corrected chi connectivity index (χ4v) is 8.43. The first kappa shape index (κ1) is 23.1. The largest absolute Gasteiger partial charge is 0.478 e. The van der Waals surface area contributed by atoms with Crippen LogP contribution in [-0.2, 0) is 4.79 Å². The lowest BCUT2D eigenvalue weighted by atomic mass is 9.47. The predicted octanol–water partition coefficient (Wildman–Crippen LogP) is 6.76. The molecule has 0 unspecified atom stereocenters.